The summed E-state index contributed by atoms with van der Waals surface area (Å²) in [5.41, 5.74) is 0. The van der Waals surface area contributed by atoms with E-state index < -0.39 is 0 Å². The SMILES string of the molecule is COCCCC(=O)NCCNCCOC. The third-order valence-corrected chi connectivity index (χ3v) is 1.86. The van der Waals surface area contributed by atoms with Crippen LogP contribution in [-0.4, -0.2) is 53.0 Å². The monoisotopic (exact) mass is 218 g/mol. The molecule has 90 valence electrons. The van der Waals surface area contributed by atoms with Gasteiger partial charge >= 0.3 is 0 Å². The van der Waals surface area contributed by atoms with Crippen LogP contribution in [0.2, 0.25) is 0 Å². The summed E-state index contributed by atoms with van der Waals surface area (Å²) in [7, 11) is 3.30. The molecule has 0 atom stereocenters. The van der Waals surface area contributed by atoms with E-state index >= 15 is 0 Å². The van der Waals surface area contributed by atoms with Gasteiger partial charge in [0.25, 0.3) is 0 Å². The molecule has 5 nitrogen and oxygen atoms in total. The lowest BCUT2D eigenvalue weighted by molar-refractivity contribution is -0.121. The number of amides is 1. The van der Waals surface area contributed by atoms with E-state index in [0.717, 1.165) is 19.5 Å². The Hall–Kier alpha value is -0.650. The van der Waals surface area contributed by atoms with Crippen LogP contribution in [0.1, 0.15) is 12.8 Å². The van der Waals surface area contributed by atoms with Crippen LogP contribution in [0.5, 0.6) is 0 Å². The molecular weight excluding hydrogens is 196 g/mol. The van der Waals surface area contributed by atoms with E-state index in [4.69, 9.17) is 9.47 Å². The highest BCUT2D eigenvalue weighted by atomic mass is 16.5. The van der Waals surface area contributed by atoms with Gasteiger partial charge in [0.2, 0.25) is 5.91 Å². The van der Waals surface area contributed by atoms with Crippen molar-refractivity contribution in [2.45, 2.75) is 12.8 Å². The standard InChI is InChI=1S/C10H22N2O3/c1-14-8-3-4-10(13)12-6-5-11-7-9-15-2/h11H,3-9H2,1-2H3,(H,12,13). The Morgan fingerprint density at radius 1 is 1.07 bits per heavy atom. The van der Waals surface area contributed by atoms with Crippen molar-refractivity contribution < 1.29 is 14.3 Å². The highest BCUT2D eigenvalue weighted by Gasteiger charge is 1.98. The minimum atomic E-state index is 0.0839. The number of carbonyl (C=O) groups is 1. The molecule has 0 fully saturated rings. The molecular formula is C10H22N2O3. The van der Waals surface area contributed by atoms with Gasteiger partial charge in [0, 0.05) is 46.9 Å². The van der Waals surface area contributed by atoms with Crippen LogP contribution < -0.4 is 10.6 Å². The van der Waals surface area contributed by atoms with Crippen molar-refractivity contribution in [2.75, 3.05) is 47.1 Å². The van der Waals surface area contributed by atoms with Crippen molar-refractivity contribution in [2.24, 2.45) is 0 Å². The first-order chi connectivity index (χ1) is 7.31. The molecule has 0 aliphatic rings. The summed E-state index contributed by atoms with van der Waals surface area (Å²) in [4.78, 5) is 11.2. The van der Waals surface area contributed by atoms with E-state index in [-0.39, 0.29) is 5.91 Å². The molecule has 0 heterocycles. The fraction of sp³-hybridized carbons (Fsp3) is 0.900. The minimum Gasteiger partial charge on any atom is -0.385 e. The summed E-state index contributed by atoms with van der Waals surface area (Å²) in [6.07, 6.45) is 1.31. The van der Waals surface area contributed by atoms with Gasteiger partial charge in [-0.05, 0) is 6.42 Å². The molecule has 0 unspecified atom stereocenters. The average molecular weight is 218 g/mol. The Morgan fingerprint density at radius 3 is 2.47 bits per heavy atom. The number of nitrogens with one attached hydrogen (secondary N) is 2. The maximum Gasteiger partial charge on any atom is 0.220 e. The molecule has 0 saturated heterocycles. The van der Waals surface area contributed by atoms with Crippen molar-refractivity contribution in [3.05, 3.63) is 0 Å². The largest absolute Gasteiger partial charge is 0.385 e. The fourth-order valence-corrected chi connectivity index (χ4v) is 1.05. The second-order valence-electron chi connectivity index (χ2n) is 3.19. The molecule has 2 N–H and O–H groups in total. The van der Waals surface area contributed by atoms with Crippen LogP contribution >= 0.6 is 0 Å². The van der Waals surface area contributed by atoms with E-state index in [2.05, 4.69) is 10.6 Å². The highest BCUT2D eigenvalue weighted by molar-refractivity contribution is 5.75. The first-order valence-corrected chi connectivity index (χ1v) is 5.26. The Bertz CT molecular complexity index is 154. The second-order valence-corrected chi connectivity index (χ2v) is 3.19. The average Bonchev–Trinajstić information content (AvgIpc) is 2.23. The summed E-state index contributed by atoms with van der Waals surface area (Å²) < 4.78 is 9.73. The van der Waals surface area contributed by atoms with Gasteiger partial charge in [-0.3, -0.25) is 4.79 Å². The molecule has 0 aromatic heterocycles. The first-order valence-electron chi connectivity index (χ1n) is 5.26. The topological polar surface area (TPSA) is 59.6 Å². The van der Waals surface area contributed by atoms with Crippen LogP contribution in [0.25, 0.3) is 0 Å². The van der Waals surface area contributed by atoms with Crippen LogP contribution in [0.15, 0.2) is 0 Å². The second kappa shape index (κ2) is 11.4. The lowest BCUT2D eigenvalue weighted by Gasteiger charge is -2.06. The van der Waals surface area contributed by atoms with Gasteiger partial charge in [-0.2, -0.15) is 0 Å². The van der Waals surface area contributed by atoms with Crippen molar-refractivity contribution in [1.82, 2.24) is 10.6 Å². The molecule has 0 radical (unpaired) electrons. The molecule has 0 aliphatic carbocycles. The fourth-order valence-electron chi connectivity index (χ4n) is 1.05. The molecule has 5 heteroatoms. The number of hydrogen-bond acceptors (Lipinski definition) is 4. The zero-order valence-electron chi connectivity index (χ0n) is 9.67. The Balaban J connectivity index is 3.10. The van der Waals surface area contributed by atoms with Crippen LogP contribution in [-0.2, 0) is 14.3 Å². The van der Waals surface area contributed by atoms with Crippen LogP contribution in [0, 0.1) is 0 Å². The van der Waals surface area contributed by atoms with E-state index in [0.29, 0.717) is 26.2 Å². The third-order valence-electron chi connectivity index (χ3n) is 1.86. The predicted octanol–water partition coefficient (Wildman–Crippen LogP) is -0.235. The van der Waals surface area contributed by atoms with Crippen molar-refractivity contribution in [1.29, 1.82) is 0 Å². The molecule has 0 rings (SSSR count). The Morgan fingerprint density at radius 2 is 1.80 bits per heavy atom. The summed E-state index contributed by atoms with van der Waals surface area (Å²) in [5, 5.41) is 5.97. The van der Waals surface area contributed by atoms with Crippen molar-refractivity contribution >= 4 is 5.91 Å². The molecule has 0 aromatic rings. The number of rotatable bonds is 10. The number of ether oxygens (including phenoxy) is 2. The molecule has 0 spiro atoms. The van der Waals surface area contributed by atoms with E-state index in [1.54, 1.807) is 14.2 Å². The summed E-state index contributed by atoms with van der Waals surface area (Å²) >= 11 is 0. The van der Waals surface area contributed by atoms with E-state index in [1.807, 2.05) is 0 Å². The smallest absolute Gasteiger partial charge is 0.220 e. The lowest BCUT2D eigenvalue weighted by Crippen LogP contribution is -2.33. The summed E-state index contributed by atoms with van der Waals surface area (Å²) in [6.45, 7) is 3.59. The van der Waals surface area contributed by atoms with Crippen LogP contribution in [0.4, 0.5) is 0 Å². The third kappa shape index (κ3) is 11.3. The zero-order valence-corrected chi connectivity index (χ0v) is 9.67. The number of hydrogen-bond donors (Lipinski definition) is 2. The number of carbonyl (C=O) groups excluding carboxylic acids is 1. The van der Waals surface area contributed by atoms with Crippen molar-refractivity contribution in [3.63, 3.8) is 0 Å². The molecule has 0 bridgehead atoms. The summed E-state index contributed by atoms with van der Waals surface area (Å²) in [5.74, 6) is 0.0839. The van der Waals surface area contributed by atoms with Gasteiger partial charge in [-0.1, -0.05) is 0 Å². The Labute approximate surface area is 91.5 Å². The van der Waals surface area contributed by atoms with E-state index in [1.165, 1.54) is 0 Å². The quantitative estimate of drug-likeness (QED) is 0.497. The molecule has 0 aromatic carbocycles. The number of methoxy groups -OCH3 is 2. The summed E-state index contributed by atoms with van der Waals surface area (Å²) in [6, 6.07) is 0. The van der Waals surface area contributed by atoms with Crippen molar-refractivity contribution in [3.8, 4) is 0 Å². The van der Waals surface area contributed by atoms with E-state index in [9.17, 15) is 4.79 Å². The highest BCUT2D eigenvalue weighted by Crippen LogP contribution is 1.88. The minimum absolute atomic E-state index is 0.0839. The normalized spacial score (nSPS) is 10.3. The zero-order chi connectivity index (χ0) is 11.4. The first kappa shape index (κ1) is 14.3. The van der Waals surface area contributed by atoms with Gasteiger partial charge in [0.1, 0.15) is 0 Å². The van der Waals surface area contributed by atoms with Gasteiger partial charge < -0.3 is 20.1 Å². The predicted molar refractivity (Wildman–Crippen MR) is 58.9 cm³/mol. The van der Waals surface area contributed by atoms with Gasteiger partial charge in [-0.15, -0.1) is 0 Å². The Kier molecular flexibility index (Phi) is 10.9. The van der Waals surface area contributed by atoms with Gasteiger partial charge in [0.05, 0.1) is 6.61 Å². The molecule has 15 heavy (non-hydrogen) atoms. The maximum atomic E-state index is 11.2. The molecule has 0 aliphatic heterocycles. The van der Waals surface area contributed by atoms with Crippen LogP contribution in [0.3, 0.4) is 0 Å². The van der Waals surface area contributed by atoms with Gasteiger partial charge in [-0.25, -0.2) is 0 Å². The molecule has 0 saturated carbocycles. The molecule has 1 amide bonds. The lowest BCUT2D eigenvalue weighted by atomic mass is 10.3. The van der Waals surface area contributed by atoms with Gasteiger partial charge in [0.15, 0.2) is 0 Å². The maximum absolute atomic E-state index is 11.2.